The van der Waals surface area contributed by atoms with Crippen molar-refractivity contribution < 1.29 is 19.2 Å². The molecule has 9 nitrogen and oxygen atoms in total. The molecule has 1 aromatic heterocycles. The molecule has 0 aliphatic rings. The highest BCUT2D eigenvalue weighted by Gasteiger charge is 2.21. The lowest BCUT2D eigenvalue weighted by Gasteiger charge is -2.13. The van der Waals surface area contributed by atoms with Gasteiger partial charge in [0.25, 0.3) is 0 Å². The minimum Gasteiger partial charge on any atom is -0.497 e. The maximum absolute atomic E-state index is 11.5. The molecule has 9 heteroatoms. The van der Waals surface area contributed by atoms with Crippen LogP contribution in [0.25, 0.3) is 0 Å². The van der Waals surface area contributed by atoms with Crippen molar-refractivity contribution >= 4 is 23.3 Å². The average Bonchev–Trinajstić information content (AvgIpc) is 2.65. The average molecular weight is 360 g/mol. The molecule has 0 unspecified atom stereocenters. The maximum Gasteiger partial charge on any atom is 0.328 e. The van der Waals surface area contributed by atoms with Crippen LogP contribution in [0, 0.1) is 10.1 Å². The van der Waals surface area contributed by atoms with Crippen molar-refractivity contribution in [3.8, 4) is 5.75 Å². The normalized spacial score (nSPS) is 11.3. The molecule has 0 bridgehead atoms. The first-order valence-corrected chi connectivity index (χ1v) is 7.81. The number of esters is 1. The van der Waals surface area contributed by atoms with Crippen molar-refractivity contribution in [1.29, 1.82) is 0 Å². The lowest BCUT2D eigenvalue weighted by Crippen LogP contribution is -2.28. The number of hydrogen-bond donors (Lipinski definition) is 2. The number of nitrogens with one attached hydrogen (secondary N) is 2. The zero-order chi connectivity index (χ0) is 19.1. The second-order valence-electron chi connectivity index (χ2n) is 5.41. The number of rotatable bonds is 8. The van der Waals surface area contributed by atoms with Crippen LogP contribution in [0.4, 0.5) is 17.3 Å². The maximum atomic E-state index is 11.5. The Hall–Kier alpha value is -3.36. The second-order valence-corrected chi connectivity index (χ2v) is 5.41. The molecule has 26 heavy (non-hydrogen) atoms. The molecule has 1 aromatic carbocycles. The number of nitro groups is 1. The Morgan fingerprint density at radius 2 is 1.92 bits per heavy atom. The summed E-state index contributed by atoms with van der Waals surface area (Å²) < 4.78 is 9.72. The Morgan fingerprint density at radius 1 is 1.23 bits per heavy atom. The van der Waals surface area contributed by atoms with Gasteiger partial charge in [0.15, 0.2) is 0 Å². The first kappa shape index (κ1) is 19.0. The van der Waals surface area contributed by atoms with Crippen molar-refractivity contribution in [1.82, 2.24) is 4.98 Å². The summed E-state index contributed by atoms with van der Waals surface area (Å²) in [5.74, 6) is 0.641. The lowest BCUT2D eigenvalue weighted by atomic mass is 10.2. The number of carbonyl (C=O) groups excluding carboxylic acids is 1. The van der Waals surface area contributed by atoms with Gasteiger partial charge in [-0.15, -0.1) is 0 Å². The van der Waals surface area contributed by atoms with Gasteiger partial charge in [-0.1, -0.05) is 12.1 Å². The third-order valence-corrected chi connectivity index (χ3v) is 3.61. The Kier molecular flexibility index (Phi) is 6.31. The highest BCUT2D eigenvalue weighted by atomic mass is 16.6. The van der Waals surface area contributed by atoms with Gasteiger partial charge in [0.05, 0.1) is 19.1 Å². The van der Waals surface area contributed by atoms with Crippen LogP contribution in [0.5, 0.6) is 5.75 Å². The van der Waals surface area contributed by atoms with Crippen LogP contribution >= 0.6 is 0 Å². The van der Waals surface area contributed by atoms with Crippen molar-refractivity contribution in [2.75, 3.05) is 24.9 Å². The van der Waals surface area contributed by atoms with Crippen LogP contribution in [0.3, 0.4) is 0 Å². The van der Waals surface area contributed by atoms with E-state index >= 15 is 0 Å². The first-order chi connectivity index (χ1) is 12.4. The Labute approximate surface area is 150 Å². The number of pyridine rings is 1. The Morgan fingerprint density at radius 3 is 2.50 bits per heavy atom. The van der Waals surface area contributed by atoms with E-state index in [4.69, 9.17) is 4.74 Å². The summed E-state index contributed by atoms with van der Waals surface area (Å²) in [6, 6.07) is 9.54. The standard InChI is InChI=1S/C17H20N4O5/c1-11(17(22)26-3)19-16-14(21(23)24)8-9-15(20-16)18-10-12-4-6-13(25-2)7-5-12/h4-9,11H,10H2,1-3H3,(H2,18,19,20)/t11-/m0/s1. The van der Waals surface area contributed by atoms with Crippen LogP contribution in [0.1, 0.15) is 12.5 Å². The summed E-state index contributed by atoms with van der Waals surface area (Å²) in [6.07, 6.45) is 0. The molecule has 0 saturated heterocycles. The SMILES string of the molecule is COC(=O)[C@H](C)Nc1nc(NCc2ccc(OC)cc2)ccc1[N+](=O)[O-]. The summed E-state index contributed by atoms with van der Waals surface area (Å²) in [5.41, 5.74) is 0.763. The molecule has 0 spiro atoms. The van der Waals surface area contributed by atoms with E-state index in [1.54, 1.807) is 7.11 Å². The smallest absolute Gasteiger partial charge is 0.328 e. The van der Waals surface area contributed by atoms with E-state index in [1.807, 2.05) is 24.3 Å². The van der Waals surface area contributed by atoms with Gasteiger partial charge in [0.2, 0.25) is 5.82 Å². The number of hydrogen-bond acceptors (Lipinski definition) is 8. The van der Waals surface area contributed by atoms with Crippen molar-refractivity contribution in [3.05, 3.63) is 52.1 Å². The molecule has 0 fully saturated rings. The number of ether oxygens (including phenoxy) is 2. The number of anilines is 2. The monoisotopic (exact) mass is 360 g/mol. The molecular formula is C17H20N4O5. The van der Waals surface area contributed by atoms with E-state index in [1.165, 1.54) is 26.2 Å². The zero-order valence-electron chi connectivity index (χ0n) is 14.7. The fraction of sp³-hybridized carbons (Fsp3) is 0.294. The zero-order valence-corrected chi connectivity index (χ0v) is 14.7. The van der Waals surface area contributed by atoms with Gasteiger partial charge in [-0.3, -0.25) is 10.1 Å². The fourth-order valence-corrected chi connectivity index (χ4v) is 2.18. The van der Waals surface area contributed by atoms with E-state index in [0.29, 0.717) is 12.4 Å². The molecule has 0 aliphatic heterocycles. The third kappa shape index (κ3) is 4.82. The summed E-state index contributed by atoms with van der Waals surface area (Å²) in [6.45, 7) is 2.01. The van der Waals surface area contributed by atoms with Gasteiger partial charge >= 0.3 is 11.7 Å². The lowest BCUT2D eigenvalue weighted by molar-refractivity contribution is -0.384. The molecule has 0 saturated carbocycles. The van der Waals surface area contributed by atoms with E-state index < -0.39 is 16.9 Å². The number of benzene rings is 1. The van der Waals surface area contributed by atoms with Gasteiger partial charge in [0, 0.05) is 12.6 Å². The molecular weight excluding hydrogens is 340 g/mol. The summed E-state index contributed by atoms with van der Waals surface area (Å²) in [7, 11) is 2.84. The Balaban J connectivity index is 2.14. The van der Waals surface area contributed by atoms with Gasteiger partial charge < -0.3 is 20.1 Å². The van der Waals surface area contributed by atoms with Crippen LogP contribution in [-0.4, -0.2) is 36.1 Å². The largest absolute Gasteiger partial charge is 0.497 e. The molecule has 2 rings (SSSR count). The molecule has 0 amide bonds. The number of methoxy groups -OCH3 is 2. The van der Waals surface area contributed by atoms with Crippen LogP contribution in [0.2, 0.25) is 0 Å². The van der Waals surface area contributed by atoms with E-state index in [0.717, 1.165) is 11.3 Å². The summed E-state index contributed by atoms with van der Waals surface area (Å²) in [4.78, 5) is 26.3. The van der Waals surface area contributed by atoms with Crippen LogP contribution in [0.15, 0.2) is 36.4 Å². The topological polar surface area (TPSA) is 116 Å². The first-order valence-electron chi connectivity index (χ1n) is 7.81. The van der Waals surface area contributed by atoms with Crippen molar-refractivity contribution in [3.63, 3.8) is 0 Å². The van der Waals surface area contributed by atoms with E-state index in [-0.39, 0.29) is 11.5 Å². The number of carbonyl (C=O) groups is 1. The van der Waals surface area contributed by atoms with Gasteiger partial charge in [-0.25, -0.2) is 9.78 Å². The van der Waals surface area contributed by atoms with Crippen LogP contribution in [-0.2, 0) is 16.1 Å². The van der Waals surface area contributed by atoms with Crippen molar-refractivity contribution in [2.45, 2.75) is 19.5 Å². The summed E-state index contributed by atoms with van der Waals surface area (Å²) in [5, 5.41) is 17.0. The molecule has 138 valence electrons. The minimum absolute atomic E-state index is 0.00682. The van der Waals surface area contributed by atoms with Gasteiger partial charge in [-0.2, -0.15) is 0 Å². The predicted octanol–water partition coefficient (Wildman–Crippen LogP) is 2.58. The number of nitrogens with zero attached hydrogens (tertiary/aromatic N) is 2. The third-order valence-electron chi connectivity index (χ3n) is 3.61. The fourth-order valence-electron chi connectivity index (χ4n) is 2.18. The van der Waals surface area contributed by atoms with Crippen molar-refractivity contribution in [2.24, 2.45) is 0 Å². The molecule has 2 aromatic rings. The number of aromatic nitrogens is 1. The van der Waals surface area contributed by atoms with E-state index in [9.17, 15) is 14.9 Å². The van der Waals surface area contributed by atoms with Gasteiger partial charge in [0.1, 0.15) is 17.6 Å². The molecule has 0 radical (unpaired) electrons. The highest BCUT2D eigenvalue weighted by Crippen LogP contribution is 2.25. The predicted molar refractivity (Wildman–Crippen MR) is 96.3 cm³/mol. The highest BCUT2D eigenvalue weighted by molar-refractivity contribution is 5.79. The minimum atomic E-state index is -0.775. The Bertz CT molecular complexity index is 779. The quantitative estimate of drug-likeness (QED) is 0.419. The van der Waals surface area contributed by atoms with Crippen LogP contribution < -0.4 is 15.4 Å². The van der Waals surface area contributed by atoms with Gasteiger partial charge in [-0.05, 0) is 30.7 Å². The summed E-state index contributed by atoms with van der Waals surface area (Å²) >= 11 is 0. The second kappa shape index (κ2) is 8.65. The molecule has 0 aliphatic carbocycles. The van der Waals surface area contributed by atoms with E-state index in [2.05, 4.69) is 20.4 Å². The molecule has 1 atom stereocenters. The molecule has 2 N–H and O–H groups in total. The molecule has 1 heterocycles.